The molecule has 3 N–H and O–H groups in total. The maximum absolute atomic E-state index is 11.2. The normalized spacial score (nSPS) is 22.3. The number of hydrogen-bond donors (Lipinski definition) is 2. The Morgan fingerprint density at radius 2 is 2.10 bits per heavy atom. The summed E-state index contributed by atoms with van der Waals surface area (Å²) in [5.74, 6) is 0.573. The van der Waals surface area contributed by atoms with Crippen LogP contribution in [-0.2, 0) is 21.3 Å². The molecular weight excluding hydrogens is 292 g/mol. The number of nitrogens with one attached hydrogen (secondary N) is 1. The molecule has 2 heterocycles. The minimum absolute atomic E-state index is 0.0369. The maximum atomic E-state index is 11.2. The third-order valence-electron chi connectivity index (χ3n) is 4.26. The Balaban J connectivity index is 1.92. The van der Waals surface area contributed by atoms with E-state index >= 15 is 0 Å². The van der Waals surface area contributed by atoms with Gasteiger partial charge in [-0.3, -0.25) is 0 Å². The third kappa shape index (κ3) is 4.06. The molecule has 1 aromatic heterocycles. The number of rotatable bonds is 6. The van der Waals surface area contributed by atoms with Gasteiger partial charge in [-0.2, -0.15) is 0 Å². The van der Waals surface area contributed by atoms with Crippen molar-refractivity contribution in [2.45, 2.75) is 62.8 Å². The predicted octanol–water partition coefficient (Wildman–Crippen LogP) is 1.75. The first-order valence-electron chi connectivity index (χ1n) is 7.37. The maximum Gasteiger partial charge on any atom is 0.271 e. The van der Waals surface area contributed by atoms with Gasteiger partial charge in [0.15, 0.2) is 0 Å². The van der Waals surface area contributed by atoms with E-state index in [1.54, 1.807) is 6.07 Å². The summed E-state index contributed by atoms with van der Waals surface area (Å²) in [7, 11) is -3.77. The molecule has 21 heavy (non-hydrogen) atoms. The molecular formula is C14H24N2O4S. The SMILES string of the molecule is CCC1(CC)CC(NCc2ccc(S(N)(=O)=O)o2)CCO1. The van der Waals surface area contributed by atoms with E-state index in [9.17, 15) is 8.42 Å². The quantitative estimate of drug-likeness (QED) is 0.834. The molecule has 1 fully saturated rings. The molecule has 0 radical (unpaired) electrons. The van der Waals surface area contributed by atoms with Gasteiger partial charge in [-0.1, -0.05) is 13.8 Å². The number of primary sulfonamides is 1. The van der Waals surface area contributed by atoms with Crippen molar-refractivity contribution in [2.75, 3.05) is 6.61 Å². The first-order valence-corrected chi connectivity index (χ1v) is 8.92. The van der Waals surface area contributed by atoms with Crippen LogP contribution in [0.4, 0.5) is 0 Å². The summed E-state index contributed by atoms with van der Waals surface area (Å²) in [6, 6.07) is 3.37. The van der Waals surface area contributed by atoms with Crippen LogP contribution in [0.3, 0.4) is 0 Å². The van der Waals surface area contributed by atoms with Crippen LogP contribution in [-0.4, -0.2) is 26.7 Å². The Kier molecular flexibility index (Phi) is 5.08. The highest BCUT2D eigenvalue weighted by atomic mass is 32.2. The number of hydrogen-bond acceptors (Lipinski definition) is 5. The smallest absolute Gasteiger partial charge is 0.271 e. The van der Waals surface area contributed by atoms with Crippen LogP contribution >= 0.6 is 0 Å². The lowest BCUT2D eigenvalue weighted by Crippen LogP contribution is -2.46. The minimum atomic E-state index is -3.77. The highest BCUT2D eigenvalue weighted by Crippen LogP contribution is 2.31. The fourth-order valence-corrected chi connectivity index (χ4v) is 3.28. The number of ether oxygens (including phenoxy) is 1. The van der Waals surface area contributed by atoms with Gasteiger partial charge in [0, 0.05) is 12.6 Å². The summed E-state index contributed by atoms with van der Waals surface area (Å²) in [4.78, 5) is 0. The van der Waals surface area contributed by atoms with Gasteiger partial charge in [0.2, 0.25) is 5.09 Å². The monoisotopic (exact) mass is 316 g/mol. The fourth-order valence-electron chi connectivity index (χ4n) is 2.80. The lowest BCUT2D eigenvalue weighted by atomic mass is 9.86. The summed E-state index contributed by atoms with van der Waals surface area (Å²) >= 11 is 0. The second-order valence-corrected chi connectivity index (χ2v) is 7.07. The van der Waals surface area contributed by atoms with Crippen LogP contribution in [0.15, 0.2) is 21.6 Å². The predicted molar refractivity (Wildman–Crippen MR) is 79.2 cm³/mol. The van der Waals surface area contributed by atoms with Crippen LogP contribution < -0.4 is 10.5 Å². The lowest BCUT2D eigenvalue weighted by Gasteiger charge is -2.40. The van der Waals surface area contributed by atoms with Crippen molar-refractivity contribution < 1.29 is 17.6 Å². The Labute approximate surface area is 126 Å². The van der Waals surface area contributed by atoms with E-state index in [-0.39, 0.29) is 10.7 Å². The van der Waals surface area contributed by atoms with Crippen LogP contribution in [0, 0.1) is 0 Å². The van der Waals surface area contributed by atoms with E-state index in [2.05, 4.69) is 19.2 Å². The van der Waals surface area contributed by atoms with Crippen LogP contribution in [0.5, 0.6) is 0 Å². The second kappa shape index (κ2) is 6.48. The molecule has 1 saturated heterocycles. The molecule has 0 aromatic carbocycles. The Morgan fingerprint density at radius 3 is 2.67 bits per heavy atom. The Hall–Kier alpha value is -0.890. The molecule has 1 aliphatic rings. The molecule has 1 atom stereocenters. The Morgan fingerprint density at radius 1 is 1.38 bits per heavy atom. The van der Waals surface area contributed by atoms with E-state index in [4.69, 9.17) is 14.3 Å². The van der Waals surface area contributed by atoms with Gasteiger partial charge in [0.25, 0.3) is 10.0 Å². The van der Waals surface area contributed by atoms with Crippen molar-refractivity contribution in [2.24, 2.45) is 5.14 Å². The number of nitrogens with two attached hydrogens (primary N) is 1. The fraction of sp³-hybridized carbons (Fsp3) is 0.714. The molecule has 2 rings (SSSR count). The van der Waals surface area contributed by atoms with Crippen LogP contribution in [0.1, 0.15) is 45.3 Å². The minimum Gasteiger partial charge on any atom is -0.447 e. The summed E-state index contributed by atoms with van der Waals surface area (Å²) in [6.45, 7) is 5.54. The van der Waals surface area contributed by atoms with Gasteiger partial charge in [-0.15, -0.1) is 0 Å². The average molecular weight is 316 g/mol. The molecule has 0 amide bonds. The summed E-state index contributed by atoms with van der Waals surface area (Å²) in [6.07, 6.45) is 3.91. The van der Waals surface area contributed by atoms with E-state index in [1.165, 1.54) is 6.07 Å². The largest absolute Gasteiger partial charge is 0.447 e. The molecule has 7 heteroatoms. The lowest BCUT2D eigenvalue weighted by molar-refractivity contribution is -0.0933. The zero-order valence-electron chi connectivity index (χ0n) is 12.6. The molecule has 1 aromatic rings. The number of sulfonamides is 1. The van der Waals surface area contributed by atoms with E-state index < -0.39 is 10.0 Å². The molecule has 1 unspecified atom stereocenters. The molecule has 0 aliphatic carbocycles. The molecule has 120 valence electrons. The average Bonchev–Trinajstić information content (AvgIpc) is 2.94. The zero-order valence-corrected chi connectivity index (χ0v) is 13.4. The topological polar surface area (TPSA) is 94.6 Å². The Bertz CT molecular complexity index is 563. The molecule has 6 nitrogen and oxygen atoms in total. The third-order valence-corrected chi connectivity index (χ3v) is 5.04. The molecule has 0 spiro atoms. The highest BCUT2D eigenvalue weighted by molar-refractivity contribution is 7.89. The van der Waals surface area contributed by atoms with E-state index in [0.717, 1.165) is 32.3 Å². The van der Waals surface area contributed by atoms with Crippen molar-refractivity contribution in [3.63, 3.8) is 0 Å². The molecule has 1 aliphatic heterocycles. The summed E-state index contributed by atoms with van der Waals surface area (Å²) in [5, 5.41) is 8.25. The summed E-state index contributed by atoms with van der Waals surface area (Å²) < 4.78 is 33.5. The highest BCUT2D eigenvalue weighted by Gasteiger charge is 2.34. The van der Waals surface area contributed by atoms with Crippen LogP contribution in [0.2, 0.25) is 0 Å². The van der Waals surface area contributed by atoms with Crippen LogP contribution in [0.25, 0.3) is 0 Å². The first kappa shape index (κ1) is 16.5. The first-order chi connectivity index (χ1) is 9.88. The van der Waals surface area contributed by atoms with Gasteiger partial charge >= 0.3 is 0 Å². The van der Waals surface area contributed by atoms with Crippen molar-refractivity contribution >= 4 is 10.0 Å². The van der Waals surface area contributed by atoms with Gasteiger partial charge in [-0.05, 0) is 37.8 Å². The second-order valence-electron chi connectivity index (χ2n) is 5.57. The van der Waals surface area contributed by atoms with Gasteiger partial charge in [-0.25, -0.2) is 13.6 Å². The standard InChI is InChI=1S/C14H24N2O4S/c1-3-14(4-2)9-11(7-8-19-14)16-10-12-5-6-13(20-12)21(15,17)18/h5-6,11,16H,3-4,7-10H2,1-2H3,(H2,15,17,18). The molecule has 0 saturated carbocycles. The van der Waals surface area contributed by atoms with Gasteiger partial charge < -0.3 is 14.5 Å². The van der Waals surface area contributed by atoms with E-state index in [0.29, 0.717) is 18.3 Å². The van der Waals surface area contributed by atoms with E-state index in [1.807, 2.05) is 0 Å². The van der Waals surface area contributed by atoms with Crippen molar-refractivity contribution in [1.82, 2.24) is 5.32 Å². The van der Waals surface area contributed by atoms with Gasteiger partial charge in [0.1, 0.15) is 5.76 Å². The number of furan rings is 1. The van der Waals surface area contributed by atoms with Crippen molar-refractivity contribution in [3.8, 4) is 0 Å². The van der Waals surface area contributed by atoms with Crippen molar-refractivity contribution in [1.29, 1.82) is 0 Å². The van der Waals surface area contributed by atoms with Gasteiger partial charge in [0.05, 0.1) is 12.1 Å². The van der Waals surface area contributed by atoms with Crippen molar-refractivity contribution in [3.05, 3.63) is 17.9 Å². The molecule has 0 bridgehead atoms. The zero-order chi connectivity index (χ0) is 15.5. The summed E-state index contributed by atoms with van der Waals surface area (Å²) in [5.41, 5.74) is -0.0369.